The van der Waals surface area contributed by atoms with Gasteiger partial charge in [-0.05, 0) is 44.0 Å². The number of hydrogen-bond donors (Lipinski definition) is 2. The predicted octanol–water partition coefficient (Wildman–Crippen LogP) is 3.59. The molecule has 28 heavy (non-hydrogen) atoms. The third-order valence-corrected chi connectivity index (χ3v) is 4.23. The molecule has 0 radical (unpaired) electrons. The second kappa shape index (κ2) is 9.30. The van der Waals surface area contributed by atoms with Crippen molar-refractivity contribution in [3.63, 3.8) is 0 Å². The molecule has 1 atom stereocenters. The van der Waals surface area contributed by atoms with E-state index in [2.05, 4.69) is 15.6 Å². The molecule has 1 aliphatic heterocycles. The summed E-state index contributed by atoms with van der Waals surface area (Å²) in [4.78, 5) is 16.5. The van der Waals surface area contributed by atoms with Crippen LogP contribution in [0.15, 0.2) is 36.5 Å². The summed E-state index contributed by atoms with van der Waals surface area (Å²) in [5, 5.41) is 5.78. The lowest BCUT2D eigenvalue weighted by molar-refractivity contribution is 0.232. The van der Waals surface area contributed by atoms with Crippen molar-refractivity contribution < 1.29 is 19.0 Å². The summed E-state index contributed by atoms with van der Waals surface area (Å²) in [5.41, 5.74) is 1.85. The molecular formula is C21H27N3O4. The number of carbonyl (C=O) groups is 1. The summed E-state index contributed by atoms with van der Waals surface area (Å²) in [6.07, 6.45) is 2.64. The number of nitrogens with one attached hydrogen (secondary N) is 2. The second-order valence-corrected chi connectivity index (χ2v) is 6.98. The minimum absolute atomic E-state index is 0.0775. The maximum atomic E-state index is 12.2. The number of amides is 2. The molecule has 150 valence electrons. The molecule has 1 aliphatic rings. The van der Waals surface area contributed by atoms with Gasteiger partial charge in [-0.2, -0.15) is 0 Å². The van der Waals surface area contributed by atoms with Gasteiger partial charge in [0, 0.05) is 25.2 Å². The Bertz CT molecular complexity index is 793. The van der Waals surface area contributed by atoms with Crippen molar-refractivity contribution in [1.82, 2.24) is 15.6 Å². The molecule has 3 rings (SSSR count). The fourth-order valence-corrected chi connectivity index (χ4v) is 2.79. The molecule has 2 heterocycles. The van der Waals surface area contributed by atoms with Crippen molar-refractivity contribution in [3.05, 3.63) is 47.7 Å². The van der Waals surface area contributed by atoms with Crippen LogP contribution in [0.2, 0.25) is 0 Å². The van der Waals surface area contributed by atoms with Gasteiger partial charge < -0.3 is 24.8 Å². The first-order chi connectivity index (χ1) is 13.5. The van der Waals surface area contributed by atoms with Crippen LogP contribution in [-0.2, 0) is 6.54 Å². The fraction of sp³-hybridized carbons (Fsp3) is 0.429. The molecule has 0 fully saturated rings. The Kier molecular flexibility index (Phi) is 6.57. The number of aromatic nitrogens is 1. The van der Waals surface area contributed by atoms with Crippen LogP contribution in [0, 0.1) is 0 Å². The van der Waals surface area contributed by atoms with Crippen molar-refractivity contribution >= 4 is 6.03 Å². The van der Waals surface area contributed by atoms with E-state index in [-0.39, 0.29) is 18.2 Å². The Hall–Kier alpha value is -2.96. The van der Waals surface area contributed by atoms with Crippen molar-refractivity contribution in [1.29, 1.82) is 0 Å². The van der Waals surface area contributed by atoms with E-state index >= 15 is 0 Å². The van der Waals surface area contributed by atoms with Gasteiger partial charge in [0.05, 0.1) is 25.4 Å². The van der Waals surface area contributed by atoms with Crippen LogP contribution in [0.5, 0.6) is 17.4 Å². The highest BCUT2D eigenvalue weighted by Crippen LogP contribution is 2.32. The number of urea groups is 1. The largest absolute Gasteiger partial charge is 0.490 e. The maximum absolute atomic E-state index is 12.2. The fourth-order valence-electron chi connectivity index (χ4n) is 2.79. The molecule has 0 bridgehead atoms. The Morgan fingerprint density at radius 1 is 1.14 bits per heavy atom. The summed E-state index contributed by atoms with van der Waals surface area (Å²) >= 11 is 0. The normalized spacial score (nSPS) is 14.1. The minimum atomic E-state index is -0.248. The van der Waals surface area contributed by atoms with Crippen LogP contribution < -0.4 is 24.8 Å². The van der Waals surface area contributed by atoms with Gasteiger partial charge in [0.2, 0.25) is 5.88 Å². The van der Waals surface area contributed by atoms with E-state index in [1.807, 2.05) is 45.0 Å². The first-order valence-corrected chi connectivity index (χ1v) is 9.57. The predicted molar refractivity (Wildman–Crippen MR) is 106 cm³/mol. The zero-order valence-electron chi connectivity index (χ0n) is 16.5. The van der Waals surface area contributed by atoms with Crippen molar-refractivity contribution in [2.24, 2.45) is 0 Å². The average molecular weight is 385 g/mol. The van der Waals surface area contributed by atoms with Crippen molar-refractivity contribution in [3.8, 4) is 17.4 Å². The molecule has 0 aliphatic carbocycles. The van der Waals surface area contributed by atoms with Crippen LogP contribution >= 0.6 is 0 Å². The molecule has 0 spiro atoms. The van der Waals surface area contributed by atoms with E-state index < -0.39 is 0 Å². The lowest BCUT2D eigenvalue weighted by Crippen LogP contribution is -2.36. The minimum Gasteiger partial charge on any atom is -0.490 e. The standard InChI is InChI=1S/C21H27N3O4/c1-14(2)28-20-8-5-16(12-22-20)13-23-21(25)24-15(3)17-6-7-18-19(11-17)27-10-4-9-26-18/h5-8,11-12,14-15H,4,9-10,13H2,1-3H3,(H2,23,24,25). The summed E-state index contributed by atoms with van der Waals surface area (Å²) < 4.78 is 16.9. The van der Waals surface area contributed by atoms with Gasteiger partial charge in [0.15, 0.2) is 11.5 Å². The SMILES string of the molecule is CC(C)Oc1ccc(CNC(=O)NC(C)c2ccc3c(c2)OCCCO3)cn1. The number of benzene rings is 1. The Labute approximate surface area is 165 Å². The molecule has 2 aromatic rings. The van der Waals surface area contributed by atoms with Crippen molar-refractivity contribution in [2.45, 2.75) is 45.9 Å². The molecule has 7 nitrogen and oxygen atoms in total. The maximum Gasteiger partial charge on any atom is 0.315 e. The van der Waals surface area contributed by atoms with Crippen LogP contribution in [0.3, 0.4) is 0 Å². The molecule has 2 N–H and O–H groups in total. The van der Waals surface area contributed by atoms with E-state index in [4.69, 9.17) is 14.2 Å². The third kappa shape index (κ3) is 5.52. The van der Waals surface area contributed by atoms with E-state index in [1.54, 1.807) is 12.3 Å². The molecule has 0 saturated heterocycles. The molecule has 2 amide bonds. The van der Waals surface area contributed by atoms with Gasteiger partial charge in [-0.15, -0.1) is 0 Å². The Balaban J connectivity index is 1.51. The van der Waals surface area contributed by atoms with Gasteiger partial charge in [0.1, 0.15) is 0 Å². The quantitative estimate of drug-likeness (QED) is 0.794. The smallest absolute Gasteiger partial charge is 0.315 e. The summed E-state index contributed by atoms with van der Waals surface area (Å²) in [5.74, 6) is 2.04. The monoisotopic (exact) mass is 385 g/mol. The molecule has 1 unspecified atom stereocenters. The number of hydrogen-bond acceptors (Lipinski definition) is 5. The highest BCUT2D eigenvalue weighted by Gasteiger charge is 2.15. The number of fused-ring (bicyclic) bond motifs is 1. The van der Waals surface area contributed by atoms with Gasteiger partial charge in [-0.1, -0.05) is 12.1 Å². The first-order valence-electron chi connectivity index (χ1n) is 9.57. The topological polar surface area (TPSA) is 81.7 Å². The summed E-state index contributed by atoms with van der Waals surface area (Å²) in [6, 6.07) is 9.02. The number of pyridine rings is 1. The van der Waals surface area contributed by atoms with Gasteiger partial charge in [-0.3, -0.25) is 0 Å². The van der Waals surface area contributed by atoms with Crippen LogP contribution in [0.1, 0.15) is 44.4 Å². The average Bonchev–Trinajstić information content (AvgIpc) is 2.91. The first kappa shape index (κ1) is 19.8. The van der Waals surface area contributed by atoms with Gasteiger partial charge >= 0.3 is 6.03 Å². The highest BCUT2D eigenvalue weighted by molar-refractivity contribution is 5.74. The Morgan fingerprint density at radius 3 is 2.64 bits per heavy atom. The lowest BCUT2D eigenvalue weighted by Gasteiger charge is -2.17. The van der Waals surface area contributed by atoms with E-state index in [0.717, 1.165) is 29.0 Å². The number of carbonyl (C=O) groups excluding carboxylic acids is 1. The molecule has 1 aromatic heterocycles. The zero-order chi connectivity index (χ0) is 19.9. The number of ether oxygens (including phenoxy) is 3. The lowest BCUT2D eigenvalue weighted by atomic mass is 10.1. The van der Waals surface area contributed by atoms with E-state index in [1.165, 1.54) is 0 Å². The van der Waals surface area contributed by atoms with Crippen molar-refractivity contribution in [2.75, 3.05) is 13.2 Å². The van der Waals surface area contributed by atoms with Crippen LogP contribution in [0.4, 0.5) is 4.79 Å². The number of nitrogens with zero attached hydrogens (tertiary/aromatic N) is 1. The molecule has 7 heteroatoms. The molecule has 0 saturated carbocycles. The van der Waals surface area contributed by atoms with Gasteiger partial charge in [0.25, 0.3) is 0 Å². The molecule has 1 aromatic carbocycles. The van der Waals surface area contributed by atoms with Crippen LogP contribution in [-0.4, -0.2) is 30.3 Å². The van der Waals surface area contributed by atoms with E-state index in [9.17, 15) is 4.79 Å². The molecular weight excluding hydrogens is 358 g/mol. The highest BCUT2D eigenvalue weighted by atomic mass is 16.5. The van der Waals surface area contributed by atoms with E-state index in [0.29, 0.717) is 25.6 Å². The Morgan fingerprint density at radius 2 is 1.93 bits per heavy atom. The second-order valence-electron chi connectivity index (χ2n) is 6.98. The van der Waals surface area contributed by atoms with Gasteiger partial charge in [-0.25, -0.2) is 9.78 Å². The summed E-state index contributed by atoms with van der Waals surface area (Å²) in [7, 11) is 0. The zero-order valence-corrected chi connectivity index (χ0v) is 16.5. The summed E-state index contributed by atoms with van der Waals surface area (Å²) in [6.45, 7) is 7.50. The third-order valence-electron chi connectivity index (χ3n) is 4.23. The number of rotatable bonds is 6. The van der Waals surface area contributed by atoms with Crippen LogP contribution in [0.25, 0.3) is 0 Å².